The predicted octanol–water partition coefficient (Wildman–Crippen LogP) is 2.25. The molecule has 4 aliphatic rings. The molecule has 0 spiro atoms. The summed E-state index contributed by atoms with van der Waals surface area (Å²) in [4.78, 5) is 18.0. The lowest BCUT2D eigenvalue weighted by molar-refractivity contribution is 0.0238. The van der Waals surface area contributed by atoms with Crippen molar-refractivity contribution in [2.24, 2.45) is 5.92 Å². The Kier molecular flexibility index (Phi) is 4.50. The highest BCUT2D eigenvalue weighted by Crippen LogP contribution is 2.43. The molecular formula is C23H25N5O. The summed E-state index contributed by atoms with van der Waals surface area (Å²) >= 11 is 0. The van der Waals surface area contributed by atoms with E-state index in [1.54, 1.807) is 24.3 Å². The number of rotatable bonds is 3. The van der Waals surface area contributed by atoms with E-state index in [2.05, 4.69) is 56.8 Å². The third kappa shape index (κ3) is 3.27. The molecule has 6 rings (SSSR count). The van der Waals surface area contributed by atoms with Crippen LogP contribution in [0.3, 0.4) is 0 Å². The molecule has 2 N–H and O–H groups in total. The van der Waals surface area contributed by atoms with Gasteiger partial charge in [0.05, 0.1) is 11.6 Å². The number of anilines is 1. The molecule has 4 bridgehead atoms. The van der Waals surface area contributed by atoms with Crippen molar-refractivity contribution < 1.29 is 4.79 Å². The van der Waals surface area contributed by atoms with Gasteiger partial charge in [-0.2, -0.15) is 5.26 Å². The minimum Gasteiger partial charge on any atom is -0.334 e. The van der Waals surface area contributed by atoms with Crippen molar-refractivity contribution in [3.05, 3.63) is 65.7 Å². The molecule has 0 aromatic heterocycles. The van der Waals surface area contributed by atoms with Crippen molar-refractivity contribution in [2.45, 2.75) is 11.5 Å². The number of nitrogens with zero attached hydrogens (tertiary/aromatic N) is 3. The summed E-state index contributed by atoms with van der Waals surface area (Å²) in [7, 11) is 0. The number of benzene rings is 2. The van der Waals surface area contributed by atoms with Crippen molar-refractivity contribution >= 4 is 11.7 Å². The molecule has 0 radical (unpaired) electrons. The number of urea groups is 1. The number of hydrogen-bond acceptors (Lipinski definition) is 4. The number of fused-ring (bicyclic) bond motifs is 1. The van der Waals surface area contributed by atoms with Gasteiger partial charge in [0.15, 0.2) is 0 Å². The van der Waals surface area contributed by atoms with Gasteiger partial charge >= 0.3 is 6.03 Å². The molecule has 148 valence electrons. The van der Waals surface area contributed by atoms with Crippen molar-refractivity contribution in [3.8, 4) is 6.07 Å². The van der Waals surface area contributed by atoms with Gasteiger partial charge in [-0.3, -0.25) is 0 Å². The molecule has 4 heterocycles. The molecule has 2 aromatic rings. The first-order valence-electron chi connectivity index (χ1n) is 10.2. The van der Waals surface area contributed by atoms with Gasteiger partial charge in [0.2, 0.25) is 0 Å². The Labute approximate surface area is 171 Å². The van der Waals surface area contributed by atoms with Crippen molar-refractivity contribution in [1.29, 1.82) is 5.26 Å². The van der Waals surface area contributed by atoms with E-state index in [9.17, 15) is 4.79 Å². The van der Waals surface area contributed by atoms with Gasteiger partial charge in [0, 0.05) is 62.3 Å². The van der Waals surface area contributed by atoms with E-state index in [1.807, 2.05) is 0 Å². The number of nitrogens with one attached hydrogen (secondary N) is 2. The van der Waals surface area contributed by atoms with Crippen LogP contribution in [-0.2, 0) is 5.41 Å². The Bertz CT molecular complexity index is 920. The van der Waals surface area contributed by atoms with Crippen molar-refractivity contribution in [2.75, 3.05) is 44.6 Å². The average Bonchev–Trinajstić information content (AvgIpc) is 3.00. The number of nitriles is 1. The molecule has 2 aromatic carbocycles. The molecule has 0 aliphatic carbocycles. The number of carbonyl (C=O) groups excluding carboxylic acids is 1. The third-order valence-electron chi connectivity index (χ3n) is 6.70. The molecule has 3 unspecified atom stereocenters. The summed E-state index contributed by atoms with van der Waals surface area (Å²) in [5.74, 6) is 0.409. The van der Waals surface area contributed by atoms with E-state index < -0.39 is 0 Å². The summed E-state index contributed by atoms with van der Waals surface area (Å²) in [5.41, 5.74) is 2.49. The van der Waals surface area contributed by atoms with Crippen molar-refractivity contribution in [1.82, 2.24) is 15.1 Å². The zero-order valence-corrected chi connectivity index (χ0v) is 16.3. The van der Waals surface area contributed by atoms with Crippen LogP contribution in [0.4, 0.5) is 10.5 Å². The summed E-state index contributed by atoms with van der Waals surface area (Å²) in [6, 6.07) is 19.7. The molecule has 29 heavy (non-hydrogen) atoms. The van der Waals surface area contributed by atoms with Gasteiger partial charge in [-0.1, -0.05) is 30.3 Å². The Morgan fingerprint density at radius 2 is 1.66 bits per heavy atom. The van der Waals surface area contributed by atoms with Crippen LogP contribution in [-0.4, -0.2) is 61.1 Å². The van der Waals surface area contributed by atoms with Crippen LogP contribution in [0.1, 0.15) is 11.1 Å². The van der Waals surface area contributed by atoms with E-state index >= 15 is 0 Å². The highest BCUT2D eigenvalue weighted by atomic mass is 16.2. The minimum absolute atomic E-state index is 0.0916. The highest BCUT2D eigenvalue weighted by molar-refractivity contribution is 5.89. The third-order valence-corrected chi connectivity index (χ3v) is 6.70. The second-order valence-corrected chi connectivity index (χ2v) is 8.52. The van der Waals surface area contributed by atoms with Gasteiger partial charge in [-0.05, 0) is 29.8 Å². The normalized spacial score (nSPS) is 32.2. The monoisotopic (exact) mass is 387 g/mol. The first kappa shape index (κ1) is 18.2. The molecule has 0 saturated carbocycles. The number of piperidine rings is 2. The Morgan fingerprint density at radius 3 is 2.28 bits per heavy atom. The van der Waals surface area contributed by atoms with E-state index in [0.717, 1.165) is 39.3 Å². The molecule has 6 heteroatoms. The maximum atomic E-state index is 12.9. The number of carbonyl (C=O) groups is 1. The van der Waals surface area contributed by atoms with Crippen LogP contribution < -0.4 is 10.6 Å². The van der Waals surface area contributed by atoms with E-state index in [0.29, 0.717) is 17.2 Å². The lowest BCUT2D eigenvalue weighted by Crippen LogP contribution is -2.71. The number of hydrogen-bond donors (Lipinski definition) is 2. The fourth-order valence-corrected chi connectivity index (χ4v) is 5.51. The summed E-state index contributed by atoms with van der Waals surface area (Å²) in [6.45, 7) is 6.24. The topological polar surface area (TPSA) is 71.4 Å². The fraction of sp³-hybridized carbons (Fsp3) is 0.391. The highest BCUT2D eigenvalue weighted by Gasteiger charge is 2.55. The Morgan fingerprint density at radius 1 is 1.00 bits per heavy atom. The second kappa shape index (κ2) is 7.18. The molecule has 6 nitrogen and oxygen atoms in total. The molecule has 3 atom stereocenters. The van der Waals surface area contributed by atoms with Crippen LogP contribution in [0.15, 0.2) is 54.6 Å². The minimum atomic E-state index is -0.175. The zero-order chi connectivity index (χ0) is 19.8. The average molecular weight is 387 g/mol. The first-order valence-corrected chi connectivity index (χ1v) is 10.2. The maximum absolute atomic E-state index is 12.9. The summed E-state index contributed by atoms with van der Waals surface area (Å²) in [6.07, 6.45) is 0. The first-order chi connectivity index (χ1) is 14.2. The van der Waals surface area contributed by atoms with Crippen LogP contribution in [0.2, 0.25) is 0 Å². The molecule has 2 amide bonds. The van der Waals surface area contributed by atoms with Gasteiger partial charge < -0.3 is 20.4 Å². The second-order valence-electron chi connectivity index (χ2n) is 8.52. The molecule has 4 aliphatic heterocycles. The molecule has 4 fully saturated rings. The lowest BCUT2D eigenvalue weighted by Gasteiger charge is -2.55. The standard InChI is InChI=1S/C23H25N5O/c24-12-17-6-8-20(9-7-17)25-22(29)26-21-18-13-27-10-11-28(14-18)16-23(21,15-27)19-4-2-1-3-5-19/h1-9,18,21H,10-11,13-16H2,(H2,25,26,29). The predicted molar refractivity (Wildman–Crippen MR) is 112 cm³/mol. The maximum Gasteiger partial charge on any atom is 0.319 e. The quantitative estimate of drug-likeness (QED) is 0.847. The molecule has 4 saturated heterocycles. The van der Waals surface area contributed by atoms with Gasteiger partial charge in [-0.25, -0.2) is 4.79 Å². The zero-order valence-electron chi connectivity index (χ0n) is 16.3. The van der Waals surface area contributed by atoms with Crippen molar-refractivity contribution in [3.63, 3.8) is 0 Å². The Balaban J connectivity index is 1.41. The summed E-state index contributed by atoms with van der Waals surface area (Å²) < 4.78 is 0. The van der Waals surface area contributed by atoms with E-state index in [-0.39, 0.29) is 17.5 Å². The van der Waals surface area contributed by atoms with Crippen LogP contribution in [0.25, 0.3) is 0 Å². The smallest absolute Gasteiger partial charge is 0.319 e. The van der Waals surface area contributed by atoms with Crippen LogP contribution in [0.5, 0.6) is 0 Å². The van der Waals surface area contributed by atoms with E-state index in [1.165, 1.54) is 5.56 Å². The SMILES string of the molecule is N#Cc1ccc(NC(=O)NC2C3CN4CCN(C3)CC2(c2ccccc2)C4)cc1. The van der Waals surface area contributed by atoms with Crippen LogP contribution >= 0.6 is 0 Å². The lowest BCUT2D eigenvalue weighted by atomic mass is 9.64. The van der Waals surface area contributed by atoms with Gasteiger partial charge in [0.1, 0.15) is 0 Å². The fourth-order valence-electron chi connectivity index (χ4n) is 5.51. The Hall–Kier alpha value is -2.88. The van der Waals surface area contributed by atoms with Gasteiger partial charge in [0.25, 0.3) is 0 Å². The largest absolute Gasteiger partial charge is 0.334 e. The van der Waals surface area contributed by atoms with E-state index in [4.69, 9.17) is 5.26 Å². The molecular weight excluding hydrogens is 362 g/mol. The number of amides is 2. The van der Waals surface area contributed by atoms with Gasteiger partial charge in [-0.15, -0.1) is 0 Å². The van der Waals surface area contributed by atoms with Crippen LogP contribution in [0, 0.1) is 17.2 Å². The summed E-state index contributed by atoms with van der Waals surface area (Å²) in [5, 5.41) is 15.2.